The second kappa shape index (κ2) is 5.77. The Labute approximate surface area is 104 Å². The maximum absolute atomic E-state index is 5.86. The van der Waals surface area contributed by atoms with Crippen molar-refractivity contribution in [2.75, 3.05) is 13.1 Å². The van der Waals surface area contributed by atoms with E-state index in [0.717, 1.165) is 25.9 Å². The highest BCUT2D eigenvalue weighted by Gasteiger charge is 2.17. The predicted molar refractivity (Wildman–Crippen MR) is 67.6 cm³/mol. The van der Waals surface area contributed by atoms with E-state index in [4.69, 9.17) is 4.74 Å². The van der Waals surface area contributed by atoms with Crippen LogP contribution in [0.15, 0.2) is 24.5 Å². The first kappa shape index (κ1) is 11.3. The average Bonchev–Trinajstić information content (AvgIpc) is 2.30. The molecular formula is C11H15IN2O. The molecule has 1 aromatic rings. The summed E-state index contributed by atoms with van der Waals surface area (Å²) >= 11 is 2.38. The Morgan fingerprint density at radius 1 is 1.33 bits per heavy atom. The Balaban J connectivity index is 1.74. The van der Waals surface area contributed by atoms with Crippen LogP contribution in [0.3, 0.4) is 0 Å². The van der Waals surface area contributed by atoms with Gasteiger partial charge < -0.3 is 4.74 Å². The van der Waals surface area contributed by atoms with Crippen LogP contribution in [0.25, 0.3) is 0 Å². The highest BCUT2D eigenvalue weighted by molar-refractivity contribution is 14.1. The molecule has 1 aromatic heterocycles. The first-order valence-corrected chi connectivity index (χ1v) is 6.22. The van der Waals surface area contributed by atoms with Gasteiger partial charge in [0.25, 0.3) is 0 Å². The summed E-state index contributed by atoms with van der Waals surface area (Å²) in [5.74, 6) is 0. The van der Waals surface area contributed by atoms with E-state index < -0.39 is 0 Å². The van der Waals surface area contributed by atoms with E-state index in [0.29, 0.717) is 12.7 Å². The molecule has 0 N–H and O–H groups in total. The normalized spacial score (nSPS) is 19.3. The maximum atomic E-state index is 5.86. The molecule has 0 aliphatic carbocycles. The highest BCUT2D eigenvalue weighted by Crippen LogP contribution is 2.17. The zero-order valence-corrected chi connectivity index (χ0v) is 10.8. The first-order valence-electron chi connectivity index (χ1n) is 5.26. The molecule has 0 bridgehead atoms. The standard InChI is InChI=1S/C11H15IN2O/c12-14-7-3-11(4-8-14)15-9-10-1-5-13-6-2-10/h1-2,5-6,11H,3-4,7-9H2. The summed E-state index contributed by atoms with van der Waals surface area (Å²) in [5.41, 5.74) is 1.21. The number of aromatic nitrogens is 1. The summed E-state index contributed by atoms with van der Waals surface area (Å²) in [6, 6.07) is 4.01. The van der Waals surface area contributed by atoms with Crippen molar-refractivity contribution < 1.29 is 4.74 Å². The second-order valence-corrected chi connectivity index (χ2v) is 5.14. The Morgan fingerprint density at radius 3 is 2.67 bits per heavy atom. The molecule has 2 rings (SSSR count). The number of piperidine rings is 1. The van der Waals surface area contributed by atoms with Crippen LogP contribution in [0, 0.1) is 0 Å². The van der Waals surface area contributed by atoms with Gasteiger partial charge in [0.2, 0.25) is 0 Å². The fraction of sp³-hybridized carbons (Fsp3) is 0.545. The van der Waals surface area contributed by atoms with Gasteiger partial charge in [0.05, 0.1) is 12.7 Å². The monoisotopic (exact) mass is 318 g/mol. The summed E-state index contributed by atoms with van der Waals surface area (Å²) in [6.45, 7) is 3.00. The van der Waals surface area contributed by atoms with Crippen LogP contribution in [0.2, 0.25) is 0 Å². The van der Waals surface area contributed by atoms with E-state index in [2.05, 4.69) is 31.0 Å². The minimum atomic E-state index is 0.434. The van der Waals surface area contributed by atoms with Crippen molar-refractivity contribution >= 4 is 22.9 Å². The lowest BCUT2D eigenvalue weighted by molar-refractivity contribution is 0.0134. The number of nitrogens with zero attached hydrogens (tertiary/aromatic N) is 2. The fourth-order valence-corrected chi connectivity index (χ4v) is 2.24. The van der Waals surface area contributed by atoms with Crippen LogP contribution < -0.4 is 0 Å². The van der Waals surface area contributed by atoms with Crippen molar-refractivity contribution in [1.29, 1.82) is 0 Å². The summed E-state index contributed by atoms with van der Waals surface area (Å²) < 4.78 is 8.18. The molecular weight excluding hydrogens is 303 g/mol. The number of hydrogen-bond acceptors (Lipinski definition) is 3. The molecule has 0 spiro atoms. The SMILES string of the molecule is IN1CCC(OCc2ccncc2)CC1. The smallest absolute Gasteiger partial charge is 0.0721 e. The number of ether oxygens (including phenoxy) is 1. The van der Waals surface area contributed by atoms with Crippen molar-refractivity contribution in [2.45, 2.75) is 25.6 Å². The van der Waals surface area contributed by atoms with E-state index in [1.165, 1.54) is 5.56 Å². The topological polar surface area (TPSA) is 25.4 Å². The average molecular weight is 318 g/mol. The van der Waals surface area contributed by atoms with Crippen molar-refractivity contribution in [1.82, 2.24) is 8.10 Å². The van der Waals surface area contributed by atoms with Crippen LogP contribution in [-0.4, -0.2) is 27.3 Å². The van der Waals surface area contributed by atoms with Crippen molar-refractivity contribution in [3.8, 4) is 0 Å². The molecule has 1 fully saturated rings. The quantitative estimate of drug-likeness (QED) is 0.632. The second-order valence-electron chi connectivity index (χ2n) is 3.78. The molecule has 0 saturated carbocycles. The van der Waals surface area contributed by atoms with E-state index in [1.807, 2.05) is 24.5 Å². The number of hydrogen-bond donors (Lipinski definition) is 0. The third-order valence-electron chi connectivity index (χ3n) is 2.62. The third-order valence-corrected chi connectivity index (χ3v) is 3.59. The number of halogens is 1. The van der Waals surface area contributed by atoms with E-state index in [1.54, 1.807) is 0 Å². The molecule has 0 atom stereocenters. The molecule has 0 amide bonds. The largest absolute Gasteiger partial charge is 0.373 e. The molecule has 82 valence electrons. The molecule has 3 nitrogen and oxygen atoms in total. The lowest BCUT2D eigenvalue weighted by Gasteiger charge is -2.27. The molecule has 0 aromatic carbocycles. The molecule has 4 heteroatoms. The van der Waals surface area contributed by atoms with Gasteiger partial charge in [-0.05, 0) is 30.5 Å². The van der Waals surface area contributed by atoms with Crippen molar-refractivity contribution in [2.24, 2.45) is 0 Å². The lowest BCUT2D eigenvalue weighted by atomic mass is 10.1. The van der Waals surface area contributed by atoms with Crippen molar-refractivity contribution in [3.05, 3.63) is 30.1 Å². The Bertz CT molecular complexity index is 286. The summed E-state index contributed by atoms with van der Waals surface area (Å²) in [7, 11) is 0. The van der Waals surface area contributed by atoms with Gasteiger partial charge >= 0.3 is 0 Å². The molecule has 0 unspecified atom stereocenters. The molecule has 0 radical (unpaired) electrons. The Hall–Kier alpha value is -0.200. The fourth-order valence-electron chi connectivity index (χ4n) is 1.68. The third kappa shape index (κ3) is 3.70. The predicted octanol–water partition coefficient (Wildman–Crippen LogP) is 2.41. The van der Waals surface area contributed by atoms with Crippen LogP contribution >= 0.6 is 22.9 Å². The summed E-state index contributed by atoms with van der Waals surface area (Å²) in [4.78, 5) is 3.99. The molecule has 1 aliphatic heterocycles. The van der Waals surface area contributed by atoms with Gasteiger partial charge in [-0.2, -0.15) is 0 Å². The number of pyridine rings is 1. The Kier molecular flexibility index (Phi) is 4.34. The van der Waals surface area contributed by atoms with Gasteiger partial charge in [-0.3, -0.25) is 4.98 Å². The first-order chi connectivity index (χ1) is 7.34. The van der Waals surface area contributed by atoms with E-state index in [9.17, 15) is 0 Å². The van der Waals surface area contributed by atoms with Gasteiger partial charge in [0.15, 0.2) is 0 Å². The maximum Gasteiger partial charge on any atom is 0.0721 e. The minimum Gasteiger partial charge on any atom is -0.373 e. The molecule has 15 heavy (non-hydrogen) atoms. The van der Waals surface area contributed by atoms with Gasteiger partial charge in [0.1, 0.15) is 0 Å². The van der Waals surface area contributed by atoms with Crippen molar-refractivity contribution in [3.63, 3.8) is 0 Å². The molecule has 2 heterocycles. The van der Waals surface area contributed by atoms with Gasteiger partial charge in [0, 0.05) is 48.3 Å². The lowest BCUT2D eigenvalue weighted by Crippen LogP contribution is -2.30. The zero-order valence-electron chi connectivity index (χ0n) is 8.60. The van der Waals surface area contributed by atoms with Gasteiger partial charge in [-0.1, -0.05) is 0 Å². The van der Waals surface area contributed by atoms with Crippen LogP contribution in [0.1, 0.15) is 18.4 Å². The zero-order chi connectivity index (χ0) is 10.5. The molecule has 1 saturated heterocycles. The summed E-state index contributed by atoms with van der Waals surface area (Å²) in [5, 5.41) is 0. The van der Waals surface area contributed by atoms with E-state index in [-0.39, 0.29) is 0 Å². The van der Waals surface area contributed by atoms with Crippen LogP contribution in [0.5, 0.6) is 0 Å². The van der Waals surface area contributed by atoms with E-state index >= 15 is 0 Å². The van der Waals surface area contributed by atoms with Crippen LogP contribution in [-0.2, 0) is 11.3 Å². The van der Waals surface area contributed by atoms with Gasteiger partial charge in [-0.25, -0.2) is 3.11 Å². The highest BCUT2D eigenvalue weighted by atomic mass is 127. The minimum absolute atomic E-state index is 0.434. The van der Waals surface area contributed by atoms with Gasteiger partial charge in [-0.15, -0.1) is 0 Å². The molecule has 1 aliphatic rings. The Morgan fingerprint density at radius 2 is 2.00 bits per heavy atom. The summed E-state index contributed by atoms with van der Waals surface area (Å²) in [6.07, 6.45) is 6.35. The van der Waals surface area contributed by atoms with Crippen LogP contribution in [0.4, 0.5) is 0 Å². The number of rotatable bonds is 3.